The van der Waals surface area contributed by atoms with E-state index in [0.29, 0.717) is 33.2 Å². The molecule has 1 saturated heterocycles. The number of alkyl halides is 3. The third-order valence-corrected chi connectivity index (χ3v) is 5.34. The zero-order valence-electron chi connectivity index (χ0n) is 14.9. The van der Waals surface area contributed by atoms with Crippen LogP contribution in [0.1, 0.15) is 11.3 Å². The predicted molar refractivity (Wildman–Crippen MR) is 109 cm³/mol. The van der Waals surface area contributed by atoms with Crippen LogP contribution in [-0.4, -0.2) is 11.1 Å². The maximum Gasteiger partial charge on any atom is 0.416 e. The monoisotopic (exact) mass is 449 g/mol. The van der Waals surface area contributed by atoms with E-state index in [-0.39, 0.29) is 10.6 Å². The molecule has 1 fully saturated rings. The summed E-state index contributed by atoms with van der Waals surface area (Å²) in [5.41, 5.74) is -0.353. The SMILES string of the molecule is O=C1S/C(=C/c2ccc(-c3cccc(Cl)c3)o2)C(=O)N1c1cccc(C(F)(F)F)c1. The van der Waals surface area contributed by atoms with Crippen molar-refractivity contribution in [2.24, 2.45) is 0 Å². The van der Waals surface area contributed by atoms with Gasteiger partial charge in [-0.25, -0.2) is 4.90 Å². The first kappa shape index (κ1) is 20.3. The molecule has 2 aromatic carbocycles. The topological polar surface area (TPSA) is 50.5 Å². The van der Waals surface area contributed by atoms with E-state index in [0.717, 1.165) is 23.8 Å². The lowest BCUT2D eigenvalue weighted by Crippen LogP contribution is -2.27. The minimum atomic E-state index is -4.58. The van der Waals surface area contributed by atoms with E-state index >= 15 is 0 Å². The standard InChI is InChI=1S/C21H11ClF3NO3S/c22-14-5-1-3-12(9-14)17-8-7-16(29-17)11-18-19(27)26(20(28)30-18)15-6-2-4-13(10-15)21(23,24)25/h1-11H/b18-11+. The zero-order chi connectivity index (χ0) is 21.5. The van der Waals surface area contributed by atoms with E-state index in [9.17, 15) is 22.8 Å². The first-order valence-corrected chi connectivity index (χ1v) is 9.73. The van der Waals surface area contributed by atoms with Gasteiger partial charge in [-0.15, -0.1) is 0 Å². The van der Waals surface area contributed by atoms with Crippen LogP contribution >= 0.6 is 23.4 Å². The summed E-state index contributed by atoms with van der Waals surface area (Å²) < 4.78 is 44.6. The Labute approximate surface area is 177 Å². The molecular formula is C21H11ClF3NO3S. The van der Waals surface area contributed by atoms with Gasteiger partial charge in [-0.2, -0.15) is 13.2 Å². The Hall–Kier alpha value is -2.97. The molecule has 30 heavy (non-hydrogen) atoms. The molecule has 3 aromatic rings. The van der Waals surface area contributed by atoms with E-state index in [1.807, 2.05) is 0 Å². The quantitative estimate of drug-likeness (QED) is 0.410. The molecule has 4 nitrogen and oxygen atoms in total. The van der Waals surface area contributed by atoms with Crippen LogP contribution < -0.4 is 4.90 Å². The molecule has 0 radical (unpaired) electrons. The van der Waals surface area contributed by atoms with Gasteiger partial charge in [0.25, 0.3) is 11.1 Å². The predicted octanol–water partition coefficient (Wildman–Crippen LogP) is 6.86. The van der Waals surface area contributed by atoms with Crippen molar-refractivity contribution in [3.8, 4) is 11.3 Å². The number of amides is 2. The van der Waals surface area contributed by atoms with Crippen LogP contribution in [-0.2, 0) is 11.0 Å². The molecule has 0 saturated carbocycles. The Balaban J connectivity index is 1.61. The Morgan fingerprint density at radius 2 is 1.77 bits per heavy atom. The second kappa shape index (κ2) is 7.70. The fourth-order valence-electron chi connectivity index (χ4n) is 2.87. The van der Waals surface area contributed by atoms with Crippen molar-refractivity contribution in [2.45, 2.75) is 6.18 Å². The highest BCUT2D eigenvalue weighted by atomic mass is 35.5. The highest BCUT2D eigenvalue weighted by Gasteiger charge is 2.38. The Bertz CT molecular complexity index is 1190. The van der Waals surface area contributed by atoms with Gasteiger partial charge in [0.15, 0.2) is 0 Å². The largest absolute Gasteiger partial charge is 0.457 e. The normalized spacial score (nSPS) is 16.0. The molecule has 1 aliphatic rings. The average Bonchev–Trinajstić information content (AvgIpc) is 3.26. The van der Waals surface area contributed by atoms with Crippen molar-refractivity contribution < 1.29 is 27.2 Å². The Kier molecular flexibility index (Phi) is 5.21. The molecule has 0 aliphatic carbocycles. The van der Waals surface area contributed by atoms with Crippen molar-refractivity contribution in [2.75, 3.05) is 4.90 Å². The fourth-order valence-corrected chi connectivity index (χ4v) is 3.88. The second-order valence-electron chi connectivity index (χ2n) is 6.28. The summed E-state index contributed by atoms with van der Waals surface area (Å²) >= 11 is 6.60. The van der Waals surface area contributed by atoms with Crippen LogP contribution in [0.25, 0.3) is 17.4 Å². The van der Waals surface area contributed by atoms with E-state index in [1.165, 1.54) is 12.1 Å². The fraction of sp³-hybridized carbons (Fsp3) is 0.0476. The molecular weight excluding hydrogens is 439 g/mol. The molecule has 2 amide bonds. The number of nitrogens with zero attached hydrogens (tertiary/aromatic N) is 1. The van der Waals surface area contributed by atoms with Gasteiger partial charge in [-0.1, -0.05) is 29.8 Å². The maximum absolute atomic E-state index is 13.0. The van der Waals surface area contributed by atoms with Gasteiger partial charge in [-0.3, -0.25) is 9.59 Å². The molecule has 0 atom stereocenters. The summed E-state index contributed by atoms with van der Waals surface area (Å²) in [7, 11) is 0. The van der Waals surface area contributed by atoms with Gasteiger partial charge in [0.05, 0.1) is 16.2 Å². The lowest BCUT2D eigenvalue weighted by molar-refractivity contribution is -0.137. The molecule has 2 heterocycles. The molecule has 1 aromatic heterocycles. The van der Waals surface area contributed by atoms with Crippen molar-refractivity contribution >= 4 is 46.3 Å². The number of furan rings is 1. The number of imide groups is 1. The van der Waals surface area contributed by atoms with Gasteiger partial charge < -0.3 is 4.42 Å². The van der Waals surface area contributed by atoms with Crippen molar-refractivity contribution in [3.63, 3.8) is 0 Å². The number of hydrogen-bond acceptors (Lipinski definition) is 4. The molecule has 0 N–H and O–H groups in total. The highest BCUT2D eigenvalue weighted by molar-refractivity contribution is 8.19. The minimum absolute atomic E-state index is 0.0457. The van der Waals surface area contributed by atoms with Gasteiger partial charge in [0.2, 0.25) is 0 Å². The lowest BCUT2D eigenvalue weighted by atomic mass is 10.2. The first-order valence-electron chi connectivity index (χ1n) is 8.53. The first-order chi connectivity index (χ1) is 14.2. The van der Waals surface area contributed by atoms with E-state index in [2.05, 4.69) is 0 Å². The number of benzene rings is 2. The number of hydrogen-bond donors (Lipinski definition) is 0. The van der Waals surface area contributed by atoms with E-state index in [4.69, 9.17) is 16.0 Å². The third kappa shape index (κ3) is 4.01. The summed E-state index contributed by atoms with van der Waals surface area (Å²) in [4.78, 5) is 25.8. The smallest absolute Gasteiger partial charge is 0.416 e. The zero-order valence-corrected chi connectivity index (χ0v) is 16.5. The lowest BCUT2D eigenvalue weighted by Gasteiger charge is -2.14. The molecule has 9 heteroatoms. The van der Waals surface area contributed by atoms with E-state index < -0.39 is 22.9 Å². The second-order valence-corrected chi connectivity index (χ2v) is 7.71. The van der Waals surface area contributed by atoms with Gasteiger partial charge in [0.1, 0.15) is 11.5 Å². The maximum atomic E-state index is 13.0. The van der Waals surface area contributed by atoms with Crippen LogP contribution in [0.5, 0.6) is 0 Å². The summed E-state index contributed by atoms with van der Waals surface area (Å²) in [6.07, 6.45) is -3.20. The minimum Gasteiger partial charge on any atom is -0.457 e. The van der Waals surface area contributed by atoms with Gasteiger partial charge in [0, 0.05) is 16.7 Å². The van der Waals surface area contributed by atoms with Crippen LogP contribution in [0.4, 0.5) is 23.7 Å². The number of anilines is 1. The van der Waals surface area contributed by atoms with Crippen molar-refractivity contribution in [3.05, 3.63) is 81.9 Å². The van der Waals surface area contributed by atoms with Gasteiger partial charge >= 0.3 is 6.18 Å². The Morgan fingerprint density at radius 1 is 1.00 bits per heavy atom. The number of halogens is 4. The number of carbonyl (C=O) groups is 2. The average molecular weight is 450 g/mol. The van der Waals surface area contributed by atoms with Crippen LogP contribution in [0.15, 0.2) is 70.0 Å². The molecule has 4 rings (SSSR count). The molecule has 1 aliphatic heterocycles. The summed E-state index contributed by atoms with van der Waals surface area (Å²) in [6.45, 7) is 0. The van der Waals surface area contributed by atoms with Crippen LogP contribution in [0.2, 0.25) is 5.02 Å². The highest BCUT2D eigenvalue weighted by Crippen LogP contribution is 2.38. The summed E-state index contributed by atoms with van der Waals surface area (Å²) in [5, 5.41) is -0.153. The molecule has 152 valence electrons. The van der Waals surface area contributed by atoms with Crippen LogP contribution in [0, 0.1) is 0 Å². The molecule has 0 bridgehead atoms. The van der Waals surface area contributed by atoms with E-state index in [1.54, 1.807) is 36.4 Å². The van der Waals surface area contributed by atoms with Crippen molar-refractivity contribution in [1.82, 2.24) is 0 Å². The number of carbonyl (C=O) groups excluding carboxylic acids is 2. The van der Waals surface area contributed by atoms with Crippen LogP contribution in [0.3, 0.4) is 0 Å². The number of rotatable bonds is 3. The Morgan fingerprint density at radius 3 is 2.50 bits per heavy atom. The summed E-state index contributed by atoms with van der Waals surface area (Å²) in [6, 6.07) is 14.4. The molecule has 0 unspecified atom stereocenters. The van der Waals surface area contributed by atoms with Crippen molar-refractivity contribution in [1.29, 1.82) is 0 Å². The summed E-state index contributed by atoms with van der Waals surface area (Å²) in [5.74, 6) is 0.116. The molecule has 0 spiro atoms. The van der Waals surface area contributed by atoms with Gasteiger partial charge in [-0.05, 0) is 54.2 Å². The third-order valence-electron chi connectivity index (χ3n) is 4.23. The number of thioether (sulfide) groups is 1.